The molecule has 3 aliphatic rings. The molecule has 1 saturated heterocycles. The fraction of sp³-hybridized carbons (Fsp3) is 0.429. The Morgan fingerprint density at radius 2 is 2.32 bits per heavy atom. The van der Waals surface area contributed by atoms with Crippen molar-refractivity contribution in [3.63, 3.8) is 0 Å². The van der Waals surface area contributed by atoms with Crippen LogP contribution < -0.4 is 5.73 Å². The third-order valence-corrected chi connectivity index (χ3v) is 3.98. The Labute approximate surface area is 126 Å². The fourth-order valence-electron chi connectivity index (χ4n) is 2.76. The number of amidine groups is 1. The van der Waals surface area contributed by atoms with Gasteiger partial charge in [-0.15, -0.1) is 6.42 Å². The third kappa shape index (κ3) is 2.03. The predicted octanol–water partition coefficient (Wildman–Crippen LogP) is -2.09. The minimum absolute atomic E-state index is 0.276. The number of fused-ring (bicyclic) bond motifs is 1. The van der Waals surface area contributed by atoms with E-state index in [1.165, 1.54) is 6.34 Å². The molecular formula is C14H16N4O4. The predicted molar refractivity (Wildman–Crippen MR) is 78.5 cm³/mol. The van der Waals surface area contributed by atoms with Gasteiger partial charge in [-0.25, -0.2) is 4.99 Å². The number of nitrogens with two attached hydrogens (primary N) is 1. The van der Waals surface area contributed by atoms with Crippen LogP contribution in [-0.4, -0.2) is 69.6 Å². The van der Waals surface area contributed by atoms with E-state index in [1.807, 2.05) is 0 Å². The molecule has 3 aliphatic heterocycles. The van der Waals surface area contributed by atoms with Crippen LogP contribution in [-0.2, 0) is 4.74 Å². The largest absolute Gasteiger partial charge is 0.394 e. The Balaban J connectivity index is 1.94. The van der Waals surface area contributed by atoms with E-state index in [0.29, 0.717) is 17.1 Å². The molecule has 0 saturated carbocycles. The van der Waals surface area contributed by atoms with Crippen molar-refractivity contribution < 1.29 is 20.1 Å². The summed E-state index contributed by atoms with van der Waals surface area (Å²) in [5.41, 5.74) is 5.10. The molecule has 22 heavy (non-hydrogen) atoms. The summed E-state index contributed by atoms with van der Waals surface area (Å²) in [5, 5.41) is 35.5. The second-order valence-electron chi connectivity index (χ2n) is 5.25. The van der Waals surface area contributed by atoms with Crippen LogP contribution in [0.3, 0.4) is 0 Å². The number of aliphatic imine (C=N–C) groups is 1. The molecule has 0 radical (unpaired) electrons. The second-order valence-corrected chi connectivity index (χ2v) is 5.25. The summed E-state index contributed by atoms with van der Waals surface area (Å²) in [6, 6.07) is 0. The van der Waals surface area contributed by atoms with E-state index in [1.54, 1.807) is 17.2 Å². The highest BCUT2D eigenvalue weighted by atomic mass is 16.6. The van der Waals surface area contributed by atoms with E-state index in [4.69, 9.17) is 16.9 Å². The Morgan fingerprint density at radius 3 is 3.00 bits per heavy atom. The second kappa shape index (κ2) is 5.23. The third-order valence-electron chi connectivity index (χ3n) is 3.98. The van der Waals surface area contributed by atoms with E-state index >= 15 is 0 Å². The van der Waals surface area contributed by atoms with Crippen molar-refractivity contribution >= 4 is 12.2 Å². The summed E-state index contributed by atoms with van der Waals surface area (Å²) in [4.78, 5) is 3.90. The van der Waals surface area contributed by atoms with Gasteiger partial charge in [0.05, 0.1) is 13.2 Å². The normalized spacial score (nSPS) is 37.1. The minimum atomic E-state index is -1.91. The van der Waals surface area contributed by atoms with Gasteiger partial charge < -0.3 is 25.8 Å². The van der Waals surface area contributed by atoms with E-state index in [9.17, 15) is 15.3 Å². The Hall–Kier alpha value is -2.18. The highest BCUT2D eigenvalue weighted by Crippen LogP contribution is 2.36. The Morgan fingerprint density at radius 1 is 1.55 bits per heavy atom. The number of aliphatic hydroxyl groups excluding tert-OH is 2. The van der Waals surface area contributed by atoms with Crippen LogP contribution in [0.25, 0.3) is 0 Å². The van der Waals surface area contributed by atoms with Crippen LogP contribution in [0.5, 0.6) is 0 Å². The van der Waals surface area contributed by atoms with Crippen molar-refractivity contribution in [2.24, 2.45) is 15.8 Å². The molecule has 0 spiro atoms. The van der Waals surface area contributed by atoms with Crippen molar-refractivity contribution in [3.8, 4) is 12.3 Å². The molecule has 0 aliphatic carbocycles. The smallest absolute Gasteiger partial charge is 0.183 e. The van der Waals surface area contributed by atoms with Gasteiger partial charge in [0.1, 0.15) is 30.3 Å². The van der Waals surface area contributed by atoms with Gasteiger partial charge in [0.2, 0.25) is 0 Å². The monoisotopic (exact) mass is 304 g/mol. The zero-order valence-electron chi connectivity index (χ0n) is 11.6. The molecule has 0 unspecified atom stereocenters. The lowest BCUT2D eigenvalue weighted by atomic mass is 9.86. The molecule has 8 heteroatoms. The van der Waals surface area contributed by atoms with Gasteiger partial charge in [0.25, 0.3) is 0 Å². The maximum Gasteiger partial charge on any atom is 0.183 e. The van der Waals surface area contributed by atoms with E-state index < -0.39 is 30.5 Å². The fourth-order valence-corrected chi connectivity index (χ4v) is 2.76. The van der Waals surface area contributed by atoms with Crippen molar-refractivity contribution in [1.29, 1.82) is 0 Å². The SMILES string of the molecule is C#C[C@@]1(O)[C@H](O)[C@@H](CO)O[C@H]1C1=CC=C2C(N)=NC=NN2C1. The van der Waals surface area contributed by atoms with Crippen LogP contribution in [0.15, 0.2) is 33.5 Å². The van der Waals surface area contributed by atoms with Gasteiger partial charge in [-0.1, -0.05) is 12.0 Å². The van der Waals surface area contributed by atoms with Gasteiger partial charge in [-0.2, -0.15) is 5.10 Å². The number of ether oxygens (including phenoxy) is 1. The maximum atomic E-state index is 10.5. The lowest BCUT2D eigenvalue weighted by molar-refractivity contribution is -0.0248. The van der Waals surface area contributed by atoms with Crippen LogP contribution in [0.4, 0.5) is 0 Å². The number of hydrogen-bond acceptors (Lipinski definition) is 8. The van der Waals surface area contributed by atoms with Gasteiger partial charge in [0, 0.05) is 0 Å². The first kappa shape index (κ1) is 14.7. The van der Waals surface area contributed by atoms with Crippen LogP contribution in [0.2, 0.25) is 0 Å². The molecule has 8 nitrogen and oxygen atoms in total. The van der Waals surface area contributed by atoms with Crippen molar-refractivity contribution in [1.82, 2.24) is 5.01 Å². The molecular weight excluding hydrogens is 288 g/mol. The van der Waals surface area contributed by atoms with Crippen LogP contribution in [0.1, 0.15) is 0 Å². The lowest BCUT2D eigenvalue weighted by Gasteiger charge is -2.33. The number of rotatable bonds is 2. The molecule has 5 N–H and O–H groups in total. The zero-order valence-corrected chi connectivity index (χ0v) is 11.6. The summed E-state index contributed by atoms with van der Waals surface area (Å²) in [6.07, 6.45) is 6.82. The number of hydrogen-bond donors (Lipinski definition) is 4. The topological polar surface area (TPSA) is 124 Å². The zero-order chi connectivity index (χ0) is 15.9. The Bertz CT molecular complexity index is 648. The first-order valence-corrected chi connectivity index (χ1v) is 6.70. The van der Waals surface area contributed by atoms with Gasteiger partial charge in [0.15, 0.2) is 11.4 Å². The van der Waals surface area contributed by atoms with Crippen LogP contribution in [0, 0.1) is 12.3 Å². The molecule has 0 aromatic rings. The molecule has 3 heterocycles. The quantitative estimate of drug-likeness (QED) is 0.434. The average Bonchev–Trinajstić information content (AvgIpc) is 2.79. The van der Waals surface area contributed by atoms with Crippen molar-refractivity contribution in [2.45, 2.75) is 23.9 Å². The first-order valence-electron chi connectivity index (χ1n) is 6.70. The minimum Gasteiger partial charge on any atom is -0.394 e. The summed E-state index contributed by atoms with van der Waals surface area (Å²) in [7, 11) is 0. The van der Waals surface area contributed by atoms with E-state index in [-0.39, 0.29) is 6.54 Å². The lowest BCUT2D eigenvalue weighted by Crippen LogP contribution is -2.49. The first-order chi connectivity index (χ1) is 10.5. The van der Waals surface area contributed by atoms with Crippen LogP contribution >= 0.6 is 0 Å². The molecule has 0 aromatic carbocycles. The number of terminal acetylenes is 1. The van der Waals surface area contributed by atoms with E-state index in [0.717, 1.165) is 0 Å². The molecule has 116 valence electrons. The molecule has 0 aromatic heterocycles. The molecule has 0 bridgehead atoms. The highest BCUT2D eigenvalue weighted by Gasteiger charge is 2.55. The summed E-state index contributed by atoms with van der Waals surface area (Å²) in [6.45, 7) is -0.171. The van der Waals surface area contributed by atoms with Crippen molar-refractivity contribution in [2.75, 3.05) is 13.2 Å². The average molecular weight is 304 g/mol. The number of hydrazone groups is 1. The highest BCUT2D eigenvalue weighted by molar-refractivity contribution is 6.02. The van der Waals surface area contributed by atoms with Gasteiger partial charge in [-0.3, -0.25) is 5.01 Å². The Kier molecular flexibility index (Phi) is 3.50. The molecule has 4 atom stereocenters. The summed E-state index contributed by atoms with van der Waals surface area (Å²) >= 11 is 0. The standard InChI is InChI=1S/C14H16N4O4/c1-2-14(21)11(20)10(6-19)22-12(14)8-3-4-9-13(15)16-7-17-18(9)5-8/h1,3-4,7,10-12,19-21H,5-6H2,(H2,15,16,17)/t10-,11-,12+,14-/m1/s1. The molecule has 3 rings (SSSR count). The maximum absolute atomic E-state index is 10.5. The summed E-state index contributed by atoms with van der Waals surface area (Å²) in [5.74, 6) is 2.52. The van der Waals surface area contributed by atoms with E-state index in [2.05, 4.69) is 16.0 Å². The number of nitrogens with zero attached hydrogens (tertiary/aromatic N) is 3. The number of allylic oxidation sites excluding steroid dienone is 2. The van der Waals surface area contributed by atoms with Gasteiger partial charge in [-0.05, 0) is 11.6 Å². The van der Waals surface area contributed by atoms with Gasteiger partial charge >= 0.3 is 0 Å². The summed E-state index contributed by atoms with van der Waals surface area (Å²) < 4.78 is 5.55. The number of aliphatic hydroxyl groups is 3. The van der Waals surface area contributed by atoms with Crippen molar-refractivity contribution in [3.05, 3.63) is 23.4 Å². The molecule has 1 fully saturated rings. The molecule has 0 amide bonds.